The molecule has 0 aliphatic carbocycles. The number of amides is 2. The van der Waals surface area contributed by atoms with Gasteiger partial charge in [0, 0.05) is 36.3 Å². The normalized spacial score (nSPS) is 17.1. The van der Waals surface area contributed by atoms with Crippen molar-refractivity contribution in [3.05, 3.63) is 53.6 Å². The van der Waals surface area contributed by atoms with Crippen molar-refractivity contribution < 1.29 is 28.2 Å². The quantitative estimate of drug-likeness (QED) is 0.472. The van der Waals surface area contributed by atoms with Crippen molar-refractivity contribution >= 4 is 28.7 Å². The summed E-state index contributed by atoms with van der Waals surface area (Å²) in [5.74, 6) is 0.637. The van der Waals surface area contributed by atoms with Crippen LogP contribution >= 0.6 is 0 Å². The Kier molecular flexibility index (Phi) is 6.32. The molecule has 2 aliphatic heterocycles. The first kappa shape index (κ1) is 22.8. The summed E-state index contributed by atoms with van der Waals surface area (Å²) in [5, 5.41) is 6.54. The van der Waals surface area contributed by atoms with Gasteiger partial charge in [-0.1, -0.05) is 0 Å². The van der Waals surface area contributed by atoms with Crippen LogP contribution in [-0.4, -0.2) is 60.2 Å². The third-order valence-corrected chi connectivity index (χ3v) is 5.88. The zero-order valence-corrected chi connectivity index (χ0v) is 19.0. The van der Waals surface area contributed by atoms with Gasteiger partial charge >= 0.3 is 6.09 Å². The molecule has 4 heterocycles. The standard InChI is InChI=1S/C24H24FN5O5/c1-33-19-10-14(25)9-17-16(5-7-27-22(17)19)20-12-30(24(32)35-20)8-2-6-26-11-15-3-4-18-23(28-15)29-21(31)13-34-18/h3-5,7,9-10,20,26H,2,6,8,11-13H2,1H3,(H,28,29,31)/t20-/m0/s1. The lowest BCUT2D eigenvalue weighted by molar-refractivity contribution is -0.118. The highest BCUT2D eigenvalue weighted by molar-refractivity contribution is 5.94. The van der Waals surface area contributed by atoms with Gasteiger partial charge in [-0.05, 0) is 37.2 Å². The molecule has 1 aromatic carbocycles. The van der Waals surface area contributed by atoms with Crippen molar-refractivity contribution in [3.8, 4) is 11.5 Å². The molecule has 0 unspecified atom stereocenters. The Labute approximate surface area is 200 Å². The Morgan fingerprint density at radius 2 is 2.17 bits per heavy atom. The molecule has 3 aromatic rings. The number of nitrogens with one attached hydrogen (secondary N) is 2. The van der Waals surface area contributed by atoms with Crippen LogP contribution in [0.2, 0.25) is 0 Å². The number of carbonyl (C=O) groups excluding carboxylic acids is 2. The maximum Gasteiger partial charge on any atom is 0.410 e. The zero-order valence-electron chi connectivity index (χ0n) is 19.0. The van der Waals surface area contributed by atoms with Gasteiger partial charge in [-0.15, -0.1) is 0 Å². The number of hydrogen-bond acceptors (Lipinski definition) is 8. The Balaban J connectivity index is 1.15. The number of nitrogens with zero attached hydrogens (tertiary/aromatic N) is 3. The lowest BCUT2D eigenvalue weighted by atomic mass is 10.0. The summed E-state index contributed by atoms with van der Waals surface area (Å²) < 4.78 is 30.3. The molecule has 35 heavy (non-hydrogen) atoms. The molecule has 182 valence electrons. The number of pyridine rings is 2. The molecule has 0 saturated carbocycles. The minimum atomic E-state index is -0.524. The number of hydrogen-bond donors (Lipinski definition) is 2. The van der Waals surface area contributed by atoms with Gasteiger partial charge in [-0.3, -0.25) is 9.78 Å². The van der Waals surface area contributed by atoms with Crippen LogP contribution in [-0.2, 0) is 16.1 Å². The summed E-state index contributed by atoms with van der Waals surface area (Å²) in [7, 11) is 1.46. The average molecular weight is 481 g/mol. The molecule has 2 aliphatic rings. The number of methoxy groups -OCH3 is 1. The number of cyclic esters (lactones) is 1. The first-order chi connectivity index (χ1) is 17.0. The predicted molar refractivity (Wildman–Crippen MR) is 124 cm³/mol. The fourth-order valence-electron chi connectivity index (χ4n) is 4.21. The molecule has 11 heteroatoms. The van der Waals surface area contributed by atoms with Crippen molar-refractivity contribution in [2.24, 2.45) is 0 Å². The summed E-state index contributed by atoms with van der Waals surface area (Å²) in [4.78, 5) is 34.2. The predicted octanol–water partition coefficient (Wildman–Crippen LogP) is 2.78. The molecule has 2 aromatic heterocycles. The maximum atomic E-state index is 14.1. The average Bonchev–Trinajstić information content (AvgIpc) is 3.22. The summed E-state index contributed by atoms with van der Waals surface area (Å²) in [6.07, 6.45) is 1.37. The molecule has 0 radical (unpaired) electrons. The molecule has 0 bridgehead atoms. The SMILES string of the molecule is COc1cc(F)cc2c([C@@H]3CN(CCCNCc4ccc5c(n4)NC(=O)CO5)C(=O)O3)ccnc12. The third-order valence-electron chi connectivity index (χ3n) is 5.88. The van der Waals surface area contributed by atoms with Crippen LogP contribution < -0.4 is 20.1 Å². The van der Waals surface area contributed by atoms with E-state index in [1.807, 2.05) is 6.07 Å². The van der Waals surface area contributed by atoms with Gasteiger partial charge in [0.2, 0.25) is 0 Å². The molecule has 2 N–H and O–H groups in total. The molecular weight excluding hydrogens is 457 g/mol. The van der Waals surface area contributed by atoms with Gasteiger partial charge in [0.05, 0.1) is 19.3 Å². The molecule has 0 spiro atoms. The fourth-order valence-corrected chi connectivity index (χ4v) is 4.21. The molecular formula is C24H24FN5O5. The Bertz CT molecular complexity index is 1290. The van der Waals surface area contributed by atoms with E-state index in [-0.39, 0.29) is 12.5 Å². The van der Waals surface area contributed by atoms with E-state index in [1.165, 1.54) is 19.2 Å². The van der Waals surface area contributed by atoms with Crippen LogP contribution in [0.15, 0.2) is 36.5 Å². The van der Waals surface area contributed by atoms with Crippen LogP contribution in [0.25, 0.3) is 10.9 Å². The van der Waals surface area contributed by atoms with Gasteiger partial charge in [0.25, 0.3) is 5.91 Å². The fraction of sp³-hybridized carbons (Fsp3) is 0.333. The van der Waals surface area contributed by atoms with Crippen molar-refractivity contribution in [1.29, 1.82) is 0 Å². The highest BCUT2D eigenvalue weighted by Gasteiger charge is 2.33. The van der Waals surface area contributed by atoms with Crippen LogP contribution in [0.5, 0.6) is 11.5 Å². The minimum Gasteiger partial charge on any atom is -0.494 e. The Hall–Kier alpha value is -3.99. The monoisotopic (exact) mass is 481 g/mol. The van der Waals surface area contributed by atoms with Crippen molar-refractivity contribution in [2.45, 2.75) is 19.1 Å². The second kappa shape index (κ2) is 9.71. The zero-order chi connectivity index (χ0) is 24.4. The van der Waals surface area contributed by atoms with E-state index in [2.05, 4.69) is 20.6 Å². The van der Waals surface area contributed by atoms with E-state index in [1.54, 1.807) is 23.2 Å². The molecule has 1 atom stereocenters. The number of halogens is 1. The number of aromatic nitrogens is 2. The number of carbonyl (C=O) groups is 2. The highest BCUT2D eigenvalue weighted by atomic mass is 19.1. The molecule has 1 fully saturated rings. The number of rotatable bonds is 8. The van der Waals surface area contributed by atoms with Crippen LogP contribution in [0.4, 0.5) is 15.0 Å². The molecule has 2 amide bonds. The lowest BCUT2D eigenvalue weighted by Crippen LogP contribution is -2.28. The second-order valence-electron chi connectivity index (χ2n) is 8.24. The van der Waals surface area contributed by atoms with Gasteiger partial charge in [-0.25, -0.2) is 14.2 Å². The Morgan fingerprint density at radius 1 is 1.29 bits per heavy atom. The molecule has 5 rings (SSSR count). The number of fused-ring (bicyclic) bond motifs is 2. The van der Waals surface area contributed by atoms with E-state index in [4.69, 9.17) is 14.2 Å². The number of anilines is 1. The van der Waals surface area contributed by atoms with Gasteiger partial charge in [0.1, 0.15) is 23.2 Å². The Morgan fingerprint density at radius 3 is 3.03 bits per heavy atom. The summed E-state index contributed by atoms with van der Waals surface area (Å²) in [5.41, 5.74) is 1.98. The lowest BCUT2D eigenvalue weighted by Gasteiger charge is -2.17. The minimum absolute atomic E-state index is 0.00542. The summed E-state index contributed by atoms with van der Waals surface area (Å²) in [6, 6.07) is 8.02. The van der Waals surface area contributed by atoms with Crippen LogP contribution in [0.3, 0.4) is 0 Å². The number of ether oxygens (including phenoxy) is 3. The molecule has 1 saturated heterocycles. The van der Waals surface area contributed by atoms with Gasteiger partial charge in [0.15, 0.2) is 18.2 Å². The largest absolute Gasteiger partial charge is 0.494 e. The van der Waals surface area contributed by atoms with Crippen molar-refractivity contribution in [1.82, 2.24) is 20.2 Å². The first-order valence-corrected chi connectivity index (χ1v) is 11.2. The van der Waals surface area contributed by atoms with E-state index >= 15 is 0 Å². The smallest absolute Gasteiger partial charge is 0.410 e. The maximum absolute atomic E-state index is 14.1. The van der Waals surface area contributed by atoms with E-state index in [9.17, 15) is 14.0 Å². The van der Waals surface area contributed by atoms with Gasteiger partial charge in [-0.2, -0.15) is 0 Å². The van der Waals surface area contributed by atoms with E-state index in [0.29, 0.717) is 66.4 Å². The molecule has 10 nitrogen and oxygen atoms in total. The second-order valence-corrected chi connectivity index (χ2v) is 8.24. The van der Waals surface area contributed by atoms with Crippen molar-refractivity contribution in [3.63, 3.8) is 0 Å². The van der Waals surface area contributed by atoms with Crippen LogP contribution in [0.1, 0.15) is 23.8 Å². The van der Waals surface area contributed by atoms with Crippen molar-refractivity contribution in [2.75, 3.05) is 38.7 Å². The number of benzene rings is 1. The first-order valence-electron chi connectivity index (χ1n) is 11.2. The summed E-state index contributed by atoms with van der Waals surface area (Å²) in [6.45, 7) is 2.02. The summed E-state index contributed by atoms with van der Waals surface area (Å²) >= 11 is 0. The van der Waals surface area contributed by atoms with Gasteiger partial charge < -0.3 is 29.7 Å². The van der Waals surface area contributed by atoms with E-state index < -0.39 is 18.0 Å². The van der Waals surface area contributed by atoms with E-state index in [0.717, 1.165) is 5.69 Å². The topological polar surface area (TPSA) is 115 Å². The highest BCUT2D eigenvalue weighted by Crippen LogP contribution is 2.34. The third kappa shape index (κ3) is 4.80. The van der Waals surface area contributed by atoms with Crippen LogP contribution in [0, 0.1) is 5.82 Å².